The lowest BCUT2D eigenvalue weighted by Gasteiger charge is -2.16. The molecule has 12 aromatic carbocycles. The summed E-state index contributed by atoms with van der Waals surface area (Å²) in [6, 6.07) is 94.7. The summed E-state index contributed by atoms with van der Waals surface area (Å²) in [5.41, 5.74) is 28.9. The quantitative estimate of drug-likeness (QED) is 0.137. The van der Waals surface area contributed by atoms with E-state index in [2.05, 4.69) is 305 Å². The van der Waals surface area contributed by atoms with Gasteiger partial charge >= 0.3 is 0 Å². The second-order valence-electron chi connectivity index (χ2n) is 23.2. The van der Waals surface area contributed by atoms with Crippen LogP contribution < -0.4 is 0 Å². The zero-order chi connectivity index (χ0) is 58.2. The van der Waals surface area contributed by atoms with E-state index in [4.69, 9.17) is 15.0 Å². The van der Waals surface area contributed by atoms with Crippen LogP contribution in [0.5, 0.6) is 0 Å². The highest BCUT2D eigenvalue weighted by molar-refractivity contribution is 6.13. The van der Waals surface area contributed by atoms with Gasteiger partial charge in [-0.3, -0.25) is 4.57 Å². The van der Waals surface area contributed by atoms with Crippen molar-refractivity contribution in [2.24, 2.45) is 0 Å². The molecule has 0 aliphatic rings. The van der Waals surface area contributed by atoms with Crippen LogP contribution in [0.15, 0.2) is 261 Å². The molecule has 3 heterocycles. The first-order valence-electron chi connectivity index (χ1n) is 29.6. The predicted octanol–water partition coefficient (Wildman–Crippen LogP) is 21.3. The lowest BCUT2D eigenvalue weighted by atomic mass is 9.91. The van der Waals surface area contributed by atoms with Crippen LogP contribution in [0.3, 0.4) is 0 Å². The molecule has 0 spiro atoms. The second-order valence-corrected chi connectivity index (χ2v) is 23.2. The van der Waals surface area contributed by atoms with Crippen LogP contribution in [0.4, 0.5) is 0 Å². The molecule has 15 aromatic rings. The average Bonchev–Trinajstić information content (AvgIpc) is 1.81. The Bertz CT molecular complexity index is 4830. The number of hydrogen-bond donors (Lipinski definition) is 0. The molecule has 3 aromatic heterocycles. The molecule has 0 atom stereocenters. The lowest BCUT2D eigenvalue weighted by molar-refractivity contribution is 0.951. The van der Waals surface area contributed by atoms with Crippen molar-refractivity contribution in [2.45, 2.75) is 41.5 Å². The lowest BCUT2D eigenvalue weighted by Crippen LogP contribution is -2.07. The average molecular weight is 1100 g/mol. The largest absolute Gasteiger partial charge is 0.309 e. The molecule has 5 nitrogen and oxygen atoms in total. The molecule has 0 saturated carbocycles. The standard InChI is InChI=1S/C81H61N5/c1-50-42-52(3)77(53(4)43-50)65-36-40-73-70(48-65)71-49-66(78-54(5)44-51(2)45-55(78)6)37-41-74(71)85(73)72-25-17-16-24-67(72)80-82-79(62-22-14-9-15-23-62)83-81(84-80)86-75-38-34-63(60-30-26-58(27-31-60)56-18-10-7-11-19-56)46-68(75)69-47-64(35-39-76(69)86)61-32-28-59(29-33-61)57-20-12-8-13-21-57/h7-49H,1-6H3. The Hall–Kier alpha value is -10.8. The monoisotopic (exact) mass is 1100 g/mol. The van der Waals surface area contributed by atoms with Gasteiger partial charge in [-0.1, -0.05) is 211 Å². The van der Waals surface area contributed by atoms with E-state index in [0.29, 0.717) is 17.6 Å². The van der Waals surface area contributed by atoms with E-state index in [1.165, 1.54) is 88.7 Å². The Balaban J connectivity index is 0.938. The first-order chi connectivity index (χ1) is 42.1. The highest BCUT2D eigenvalue weighted by Crippen LogP contribution is 2.43. The van der Waals surface area contributed by atoms with Crippen molar-refractivity contribution in [3.05, 3.63) is 294 Å². The molecular formula is C81H61N5. The fourth-order valence-corrected chi connectivity index (χ4v) is 13.6. The van der Waals surface area contributed by atoms with Gasteiger partial charge in [0.25, 0.3) is 0 Å². The number of aromatic nitrogens is 5. The molecule has 0 unspecified atom stereocenters. The van der Waals surface area contributed by atoms with Gasteiger partial charge in [0.15, 0.2) is 11.6 Å². The zero-order valence-electron chi connectivity index (χ0n) is 49.1. The van der Waals surface area contributed by atoms with Crippen LogP contribution in [0.2, 0.25) is 0 Å². The van der Waals surface area contributed by atoms with Crippen LogP contribution >= 0.6 is 0 Å². The summed E-state index contributed by atoms with van der Waals surface area (Å²) in [5, 5.41) is 4.57. The molecule has 5 heteroatoms. The van der Waals surface area contributed by atoms with E-state index in [9.17, 15) is 0 Å². The summed E-state index contributed by atoms with van der Waals surface area (Å²) in [5.74, 6) is 1.70. The summed E-state index contributed by atoms with van der Waals surface area (Å²) in [6.07, 6.45) is 0. The summed E-state index contributed by atoms with van der Waals surface area (Å²) in [6.45, 7) is 13.3. The summed E-state index contributed by atoms with van der Waals surface area (Å²) in [4.78, 5) is 16.5. The molecule has 0 amide bonds. The Morgan fingerprint density at radius 3 is 0.988 bits per heavy atom. The maximum atomic E-state index is 5.63. The molecule has 15 rings (SSSR count). The number of nitrogens with zero attached hydrogens (tertiary/aromatic N) is 5. The molecule has 0 aliphatic carbocycles. The molecule has 0 fully saturated rings. The summed E-state index contributed by atoms with van der Waals surface area (Å²) < 4.78 is 4.66. The smallest absolute Gasteiger partial charge is 0.238 e. The third-order valence-corrected chi connectivity index (χ3v) is 17.4. The number of benzene rings is 12. The second kappa shape index (κ2) is 21.1. The zero-order valence-corrected chi connectivity index (χ0v) is 49.1. The van der Waals surface area contributed by atoms with Gasteiger partial charge in [-0.25, -0.2) is 4.98 Å². The summed E-state index contributed by atoms with van der Waals surface area (Å²) >= 11 is 0. The third kappa shape index (κ3) is 9.17. The minimum atomic E-state index is 0.535. The highest BCUT2D eigenvalue weighted by Gasteiger charge is 2.24. The van der Waals surface area contributed by atoms with Gasteiger partial charge in [0.2, 0.25) is 5.95 Å². The minimum Gasteiger partial charge on any atom is -0.309 e. The van der Waals surface area contributed by atoms with E-state index in [1.807, 2.05) is 6.07 Å². The Kier molecular flexibility index (Phi) is 12.8. The number of aryl methyl sites for hydroxylation is 6. The van der Waals surface area contributed by atoms with Crippen molar-refractivity contribution in [3.63, 3.8) is 0 Å². The molecule has 410 valence electrons. The molecule has 0 radical (unpaired) electrons. The van der Waals surface area contributed by atoms with Crippen molar-refractivity contribution < 1.29 is 0 Å². The van der Waals surface area contributed by atoms with Crippen LogP contribution in [-0.2, 0) is 0 Å². The fraction of sp³-hybridized carbons (Fsp3) is 0.0741. The first kappa shape index (κ1) is 52.1. The molecule has 86 heavy (non-hydrogen) atoms. The first-order valence-corrected chi connectivity index (χ1v) is 29.6. The molecule has 0 bridgehead atoms. The van der Waals surface area contributed by atoms with E-state index >= 15 is 0 Å². The minimum absolute atomic E-state index is 0.535. The maximum absolute atomic E-state index is 5.63. The van der Waals surface area contributed by atoms with Gasteiger partial charge in [0, 0.05) is 32.7 Å². The van der Waals surface area contributed by atoms with Crippen molar-refractivity contribution in [1.82, 2.24) is 24.1 Å². The highest BCUT2D eigenvalue weighted by atomic mass is 15.2. The maximum Gasteiger partial charge on any atom is 0.238 e. The molecular weight excluding hydrogens is 1040 g/mol. The molecule has 0 aliphatic heterocycles. The van der Waals surface area contributed by atoms with Crippen LogP contribution in [-0.4, -0.2) is 24.1 Å². The Morgan fingerprint density at radius 1 is 0.244 bits per heavy atom. The topological polar surface area (TPSA) is 48.5 Å². The number of rotatable bonds is 10. The number of fused-ring (bicyclic) bond motifs is 6. The van der Waals surface area contributed by atoms with Crippen molar-refractivity contribution in [1.29, 1.82) is 0 Å². The van der Waals surface area contributed by atoms with E-state index in [0.717, 1.165) is 71.9 Å². The molecule has 0 saturated heterocycles. The number of para-hydroxylation sites is 1. The Labute approximate surface area is 501 Å². The molecule has 0 N–H and O–H groups in total. The van der Waals surface area contributed by atoms with Gasteiger partial charge < -0.3 is 4.57 Å². The summed E-state index contributed by atoms with van der Waals surface area (Å²) in [7, 11) is 0. The van der Waals surface area contributed by atoms with E-state index in [-0.39, 0.29) is 0 Å². The van der Waals surface area contributed by atoms with Gasteiger partial charge in [-0.15, -0.1) is 0 Å². The fourth-order valence-electron chi connectivity index (χ4n) is 13.6. The van der Waals surface area contributed by atoms with Gasteiger partial charge in [-0.2, -0.15) is 9.97 Å². The van der Waals surface area contributed by atoms with Crippen LogP contribution in [0, 0.1) is 41.5 Å². The van der Waals surface area contributed by atoms with E-state index < -0.39 is 0 Å². The normalized spacial score (nSPS) is 11.6. The van der Waals surface area contributed by atoms with E-state index in [1.54, 1.807) is 0 Å². The SMILES string of the molecule is Cc1cc(C)c(-c2ccc3c(c2)c2cc(-c4c(C)cc(C)cc4C)ccc2n3-c2ccccc2-c2nc(-c3ccccc3)nc(-n3c4ccc(-c5ccc(-c6ccccc6)cc5)cc4c4cc(-c5ccc(-c6ccccc6)cc5)ccc43)n2)c(C)c1. The number of hydrogen-bond acceptors (Lipinski definition) is 3. The van der Waals surface area contributed by atoms with Crippen molar-refractivity contribution >= 4 is 43.6 Å². The van der Waals surface area contributed by atoms with Gasteiger partial charge in [0.05, 0.1) is 27.8 Å². The third-order valence-electron chi connectivity index (χ3n) is 17.4. The van der Waals surface area contributed by atoms with Gasteiger partial charge in [-0.05, 0) is 191 Å². The van der Waals surface area contributed by atoms with Crippen LogP contribution in [0.1, 0.15) is 33.4 Å². The van der Waals surface area contributed by atoms with Crippen LogP contribution in [0.25, 0.3) is 145 Å². The predicted molar refractivity (Wildman–Crippen MR) is 360 cm³/mol. The van der Waals surface area contributed by atoms with Crippen molar-refractivity contribution in [3.8, 4) is 101 Å². The van der Waals surface area contributed by atoms with Crippen molar-refractivity contribution in [2.75, 3.05) is 0 Å². The Morgan fingerprint density at radius 2 is 0.558 bits per heavy atom. The van der Waals surface area contributed by atoms with Gasteiger partial charge in [0.1, 0.15) is 0 Å².